The molecule has 4 aromatic carbocycles. The number of fused-ring (bicyclic) bond motifs is 1. The van der Waals surface area contributed by atoms with Crippen LogP contribution in [0.1, 0.15) is 0 Å². The van der Waals surface area contributed by atoms with E-state index in [1.54, 1.807) is 22.7 Å². The zero-order chi connectivity index (χ0) is 21.3. The highest BCUT2D eigenvalue weighted by molar-refractivity contribution is 7.08. The van der Waals surface area contributed by atoms with Crippen LogP contribution in [-0.4, -0.2) is 9.97 Å². The number of nitrogens with zero attached hydrogens (tertiary/aromatic N) is 2. The van der Waals surface area contributed by atoms with Gasteiger partial charge < -0.3 is 0 Å². The zero-order valence-corrected chi connectivity index (χ0v) is 18.7. The van der Waals surface area contributed by atoms with Crippen LogP contribution in [0.3, 0.4) is 0 Å². The molecular formula is C28H18N2S2. The molecule has 0 aliphatic heterocycles. The summed E-state index contributed by atoms with van der Waals surface area (Å²) in [6, 6.07) is 30.6. The van der Waals surface area contributed by atoms with Crippen LogP contribution in [0.2, 0.25) is 0 Å². The Kier molecular flexibility index (Phi) is 4.87. The van der Waals surface area contributed by atoms with Gasteiger partial charge in [-0.25, -0.2) is 9.97 Å². The van der Waals surface area contributed by atoms with Gasteiger partial charge in [0.15, 0.2) is 0 Å². The molecule has 0 spiro atoms. The number of hydrogen-bond acceptors (Lipinski definition) is 4. The summed E-state index contributed by atoms with van der Waals surface area (Å²) in [6.45, 7) is 0. The first-order valence-corrected chi connectivity index (χ1v) is 12.2. The van der Waals surface area contributed by atoms with Crippen LogP contribution in [0, 0.1) is 0 Å². The maximum atomic E-state index is 4.45. The first-order valence-electron chi connectivity index (χ1n) is 10.4. The first kappa shape index (κ1) is 19.1. The summed E-state index contributed by atoms with van der Waals surface area (Å²) in [6.07, 6.45) is 0. The van der Waals surface area contributed by atoms with E-state index in [4.69, 9.17) is 0 Å². The third-order valence-corrected chi connectivity index (χ3v) is 6.86. The predicted molar refractivity (Wildman–Crippen MR) is 137 cm³/mol. The van der Waals surface area contributed by atoms with Gasteiger partial charge >= 0.3 is 0 Å². The van der Waals surface area contributed by atoms with Gasteiger partial charge in [-0.2, -0.15) is 0 Å². The second kappa shape index (κ2) is 8.15. The van der Waals surface area contributed by atoms with Gasteiger partial charge in [0.1, 0.15) is 0 Å². The van der Waals surface area contributed by atoms with Gasteiger partial charge in [-0.3, -0.25) is 0 Å². The molecule has 0 atom stereocenters. The molecule has 0 aliphatic carbocycles. The fraction of sp³-hybridized carbons (Fsp3) is 0. The van der Waals surface area contributed by atoms with Crippen molar-refractivity contribution in [2.45, 2.75) is 0 Å². The Morgan fingerprint density at radius 1 is 0.438 bits per heavy atom. The molecule has 152 valence electrons. The molecule has 0 amide bonds. The molecule has 0 bridgehead atoms. The van der Waals surface area contributed by atoms with Gasteiger partial charge in [-0.15, -0.1) is 22.7 Å². The molecule has 0 radical (unpaired) electrons. The standard InChI is InChI=1S/C28H18N2S2/c1-3-19(13-25(5-1)27-15-31-17-29-27)21-7-9-24-12-22(8-10-23(24)11-21)20-4-2-6-26(14-20)28-16-32-18-30-28/h1-18H. The van der Waals surface area contributed by atoms with Gasteiger partial charge in [-0.05, 0) is 57.3 Å². The van der Waals surface area contributed by atoms with Crippen molar-refractivity contribution in [3.8, 4) is 44.8 Å². The Hall–Kier alpha value is -3.60. The molecule has 0 saturated carbocycles. The van der Waals surface area contributed by atoms with Crippen molar-refractivity contribution < 1.29 is 0 Å². The highest BCUT2D eigenvalue weighted by atomic mass is 32.1. The molecular weight excluding hydrogens is 428 g/mol. The number of hydrogen-bond donors (Lipinski definition) is 0. The number of benzene rings is 4. The van der Waals surface area contributed by atoms with Crippen molar-refractivity contribution in [3.05, 3.63) is 107 Å². The smallest absolute Gasteiger partial charge is 0.0811 e. The maximum Gasteiger partial charge on any atom is 0.0811 e. The minimum absolute atomic E-state index is 1.03. The average Bonchev–Trinajstić information content (AvgIpc) is 3.59. The fourth-order valence-electron chi connectivity index (χ4n) is 4.03. The van der Waals surface area contributed by atoms with Crippen molar-refractivity contribution in [1.29, 1.82) is 0 Å². The molecule has 2 aromatic heterocycles. The normalized spacial score (nSPS) is 11.1. The van der Waals surface area contributed by atoms with Gasteiger partial charge in [0.05, 0.1) is 22.4 Å². The van der Waals surface area contributed by atoms with Gasteiger partial charge in [0, 0.05) is 21.9 Å². The monoisotopic (exact) mass is 446 g/mol. The van der Waals surface area contributed by atoms with Gasteiger partial charge in [-0.1, -0.05) is 60.7 Å². The highest BCUT2D eigenvalue weighted by Gasteiger charge is 2.07. The average molecular weight is 447 g/mol. The van der Waals surface area contributed by atoms with Gasteiger partial charge in [0.25, 0.3) is 0 Å². The zero-order valence-electron chi connectivity index (χ0n) is 17.1. The molecule has 6 rings (SSSR count). The van der Waals surface area contributed by atoms with Crippen LogP contribution < -0.4 is 0 Å². The van der Waals surface area contributed by atoms with E-state index < -0.39 is 0 Å². The summed E-state index contributed by atoms with van der Waals surface area (Å²) in [5.41, 5.74) is 13.0. The fourth-order valence-corrected chi connectivity index (χ4v) is 5.15. The maximum absolute atomic E-state index is 4.45. The lowest BCUT2D eigenvalue weighted by Crippen LogP contribution is -1.84. The second-order valence-corrected chi connectivity index (χ2v) is 9.12. The summed E-state index contributed by atoms with van der Waals surface area (Å²) in [4.78, 5) is 8.89. The molecule has 6 aromatic rings. The molecule has 4 heteroatoms. The minimum Gasteiger partial charge on any atom is -0.245 e. The number of thiazole rings is 2. The topological polar surface area (TPSA) is 25.8 Å². The summed E-state index contributed by atoms with van der Waals surface area (Å²) in [5.74, 6) is 0. The predicted octanol–water partition coefficient (Wildman–Crippen LogP) is 8.42. The van der Waals surface area contributed by atoms with Crippen LogP contribution in [-0.2, 0) is 0 Å². The van der Waals surface area contributed by atoms with E-state index in [1.807, 2.05) is 11.0 Å². The largest absolute Gasteiger partial charge is 0.245 e. The SMILES string of the molecule is c1cc(-c2ccc3cc(-c4cccc(-c5cscn5)c4)ccc3c2)cc(-c2cscn2)c1. The van der Waals surface area contributed by atoms with Crippen molar-refractivity contribution in [3.63, 3.8) is 0 Å². The lowest BCUT2D eigenvalue weighted by Gasteiger charge is -2.09. The van der Waals surface area contributed by atoms with E-state index in [0.717, 1.165) is 22.5 Å². The summed E-state index contributed by atoms with van der Waals surface area (Å²) < 4.78 is 0. The lowest BCUT2D eigenvalue weighted by molar-refractivity contribution is 1.41. The van der Waals surface area contributed by atoms with Gasteiger partial charge in [0.2, 0.25) is 0 Å². The number of rotatable bonds is 4. The quantitative estimate of drug-likeness (QED) is 0.271. The highest BCUT2D eigenvalue weighted by Crippen LogP contribution is 2.32. The van der Waals surface area contributed by atoms with Crippen LogP contribution in [0.5, 0.6) is 0 Å². The summed E-state index contributed by atoms with van der Waals surface area (Å²) in [7, 11) is 0. The van der Waals surface area contributed by atoms with Crippen LogP contribution in [0.25, 0.3) is 55.5 Å². The molecule has 0 saturated heterocycles. The van der Waals surface area contributed by atoms with E-state index in [0.29, 0.717) is 0 Å². The van der Waals surface area contributed by atoms with E-state index in [2.05, 4.69) is 106 Å². The Labute approximate surface area is 194 Å². The third kappa shape index (κ3) is 3.64. The van der Waals surface area contributed by atoms with Crippen molar-refractivity contribution in [2.75, 3.05) is 0 Å². The Morgan fingerprint density at radius 2 is 0.875 bits per heavy atom. The van der Waals surface area contributed by atoms with E-state index >= 15 is 0 Å². The van der Waals surface area contributed by atoms with E-state index in [1.165, 1.54) is 33.0 Å². The molecule has 2 nitrogen and oxygen atoms in total. The van der Waals surface area contributed by atoms with E-state index in [9.17, 15) is 0 Å². The Morgan fingerprint density at radius 3 is 1.31 bits per heavy atom. The molecule has 0 unspecified atom stereocenters. The Bertz CT molecular complexity index is 1400. The minimum atomic E-state index is 1.03. The third-order valence-electron chi connectivity index (χ3n) is 5.69. The van der Waals surface area contributed by atoms with Crippen LogP contribution >= 0.6 is 22.7 Å². The molecule has 2 heterocycles. The second-order valence-electron chi connectivity index (χ2n) is 7.69. The summed E-state index contributed by atoms with van der Waals surface area (Å²) in [5, 5.41) is 6.65. The number of aromatic nitrogens is 2. The molecule has 0 fully saturated rings. The van der Waals surface area contributed by atoms with Crippen LogP contribution in [0.15, 0.2) is 107 Å². The van der Waals surface area contributed by atoms with Crippen molar-refractivity contribution in [1.82, 2.24) is 9.97 Å². The Balaban J connectivity index is 1.36. The molecule has 32 heavy (non-hydrogen) atoms. The molecule has 0 N–H and O–H groups in total. The lowest BCUT2D eigenvalue weighted by atomic mass is 9.96. The van der Waals surface area contributed by atoms with Crippen molar-refractivity contribution in [2.24, 2.45) is 0 Å². The first-order chi connectivity index (χ1) is 15.8. The van der Waals surface area contributed by atoms with Crippen molar-refractivity contribution >= 4 is 33.4 Å². The van der Waals surface area contributed by atoms with E-state index in [-0.39, 0.29) is 0 Å². The summed E-state index contributed by atoms with van der Waals surface area (Å²) >= 11 is 3.25. The molecule has 0 aliphatic rings. The van der Waals surface area contributed by atoms with Crippen LogP contribution in [0.4, 0.5) is 0 Å².